The maximum Gasteiger partial charge on any atom is 0.340 e. The molecule has 0 aliphatic rings. The van der Waals surface area contributed by atoms with E-state index in [1.807, 2.05) is 6.07 Å². The highest BCUT2D eigenvalue weighted by Crippen LogP contribution is 2.23. The lowest BCUT2D eigenvalue weighted by atomic mass is 10.1. The van der Waals surface area contributed by atoms with Gasteiger partial charge in [-0.05, 0) is 23.8 Å². The molecule has 0 radical (unpaired) electrons. The number of pyridine rings is 1. The van der Waals surface area contributed by atoms with Crippen LogP contribution >= 0.6 is 0 Å². The highest BCUT2D eigenvalue weighted by Gasteiger charge is 2.15. The predicted molar refractivity (Wildman–Crippen MR) is 84.4 cm³/mol. The van der Waals surface area contributed by atoms with Crippen molar-refractivity contribution >= 4 is 29.1 Å². The van der Waals surface area contributed by atoms with Gasteiger partial charge in [0, 0.05) is 17.6 Å². The number of primary amides is 1. The first-order chi connectivity index (χ1) is 11.1. The minimum atomic E-state index is -0.842. The number of hydrogen-bond donors (Lipinski definition) is 1. The SMILES string of the molecule is COc1ccc(/C=C/c2nn(C(N)=O)c3c(F)cccc23)cn1. The summed E-state index contributed by atoms with van der Waals surface area (Å²) in [6.07, 6.45) is 5.05. The minimum absolute atomic E-state index is 0.0625. The zero-order valence-electron chi connectivity index (χ0n) is 12.2. The average molecular weight is 312 g/mol. The van der Waals surface area contributed by atoms with E-state index in [4.69, 9.17) is 10.5 Å². The number of hydrogen-bond acceptors (Lipinski definition) is 4. The van der Waals surface area contributed by atoms with Crippen LogP contribution in [0.4, 0.5) is 9.18 Å². The molecule has 3 aromatic rings. The van der Waals surface area contributed by atoms with E-state index in [2.05, 4.69) is 10.1 Å². The molecule has 0 atom stereocenters. The van der Waals surface area contributed by atoms with E-state index in [-0.39, 0.29) is 5.52 Å². The average Bonchev–Trinajstić information content (AvgIpc) is 2.94. The number of amides is 1. The van der Waals surface area contributed by atoms with Crippen molar-refractivity contribution in [2.75, 3.05) is 7.11 Å². The highest BCUT2D eigenvalue weighted by atomic mass is 19.1. The van der Waals surface area contributed by atoms with Crippen LogP contribution in [0.25, 0.3) is 23.1 Å². The third-order valence-electron chi connectivity index (χ3n) is 3.29. The molecule has 1 aromatic carbocycles. The summed E-state index contributed by atoms with van der Waals surface area (Å²) in [6, 6.07) is 7.18. The first-order valence-corrected chi connectivity index (χ1v) is 6.75. The number of nitrogens with zero attached hydrogens (tertiary/aromatic N) is 3. The fourth-order valence-electron chi connectivity index (χ4n) is 2.22. The molecule has 3 rings (SSSR count). The minimum Gasteiger partial charge on any atom is -0.481 e. The van der Waals surface area contributed by atoms with Crippen molar-refractivity contribution in [1.29, 1.82) is 0 Å². The molecule has 0 unspecified atom stereocenters. The second-order valence-electron chi connectivity index (χ2n) is 4.74. The summed E-state index contributed by atoms with van der Waals surface area (Å²) in [5.74, 6) is -0.0489. The molecule has 2 N–H and O–H groups in total. The fourth-order valence-corrected chi connectivity index (χ4v) is 2.22. The number of ether oxygens (including phenoxy) is 1. The van der Waals surface area contributed by atoms with Crippen molar-refractivity contribution in [3.05, 3.63) is 53.6 Å². The van der Waals surface area contributed by atoms with Crippen LogP contribution in [0.3, 0.4) is 0 Å². The van der Waals surface area contributed by atoms with Crippen LogP contribution in [0, 0.1) is 5.82 Å². The maximum absolute atomic E-state index is 14.0. The van der Waals surface area contributed by atoms with Crippen LogP contribution in [0.15, 0.2) is 36.5 Å². The quantitative estimate of drug-likeness (QED) is 0.806. The third-order valence-corrected chi connectivity index (χ3v) is 3.29. The molecule has 2 aromatic heterocycles. The zero-order valence-corrected chi connectivity index (χ0v) is 12.2. The first-order valence-electron chi connectivity index (χ1n) is 6.75. The first kappa shape index (κ1) is 14.7. The zero-order chi connectivity index (χ0) is 16.4. The molecule has 6 nitrogen and oxygen atoms in total. The molecule has 2 heterocycles. The summed E-state index contributed by atoms with van der Waals surface area (Å²) in [5, 5.41) is 4.57. The number of halogens is 1. The smallest absolute Gasteiger partial charge is 0.340 e. The summed E-state index contributed by atoms with van der Waals surface area (Å²) in [4.78, 5) is 15.5. The van der Waals surface area contributed by atoms with Crippen molar-refractivity contribution in [3.63, 3.8) is 0 Å². The Morgan fingerprint density at radius 2 is 2.13 bits per heavy atom. The van der Waals surface area contributed by atoms with Crippen molar-refractivity contribution in [3.8, 4) is 5.88 Å². The number of nitrogens with two attached hydrogens (primary N) is 1. The molecule has 116 valence electrons. The van der Waals surface area contributed by atoms with E-state index in [0.29, 0.717) is 17.0 Å². The molecule has 0 spiro atoms. The van der Waals surface area contributed by atoms with Gasteiger partial charge in [-0.2, -0.15) is 9.78 Å². The summed E-state index contributed by atoms with van der Waals surface area (Å²) < 4.78 is 19.8. The normalized spacial score (nSPS) is 11.2. The number of rotatable bonds is 3. The second kappa shape index (κ2) is 5.88. The van der Waals surface area contributed by atoms with Crippen LogP contribution in [-0.2, 0) is 0 Å². The highest BCUT2D eigenvalue weighted by molar-refractivity contribution is 5.95. The van der Waals surface area contributed by atoms with E-state index >= 15 is 0 Å². The molecular weight excluding hydrogens is 299 g/mol. The van der Waals surface area contributed by atoms with E-state index < -0.39 is 11.8 Å². The second-order valence-corrected chi connectivity index (χ2v) is 4.74. The van der Waals surface area contributed by atoms with Gasteiger partial charge in [0.25, 0.3) is 0 Å². The van der Waals surface area contributed by atoms with Crippen LogP contribution in [-0.4, -0.2) is 27.9 Å². The number of aromatic nitrogens is 3. The van der Waals surface area contributed by atoms with Gasteiger partial charge in [0.15, 0.2) is 0 Å². The Morgan fingerprint density at radius 3 is 2.78 bits per heavy atom. The molecule has 0 aliphatic carbocycles. The number of para-hydroxylation sites is 1. The lowest BCUT2D eigenvalue weighted by Crippen LogP contribution is -2.21. The lowest BCUT2D eigenvalue weighted by Gasteiger charge is -1.97. The molecule has 0 fully saturated rings. The Balaban J connectivity index is 2.04. The van der Waals surface area contributed by atoms with E-state index in [1.165, 1.54) is 13.2 Å². The molecule has 0 bridgehead atoms. The van der Waals surface area contributed by atoms with E-state index in [9.17, 15) is 9.18 Å². The molecule has 0 saturated carbocycles. The standard InChI is InChI=1S/C16H13FN4O2/c1-23-14-8-6-10(9-19-14)5-7-13-11-3-2-4-12(17)15(11)21(20-13)16(18)22/h2-9H,1H3,(H2,18,22)/b7-5+. The number of fused-ring (bicyclic) bond motifs is 1. The Kier molecular flexibility index (Phi) is 3.76. The Hall–Kier alpha value is -3.22. The Labute approximate surface area is 131 Å². The monoisotopic (exact) mass is 312 g/mol. The number of methoxy groups -OCH3 is 1. The van der Waals surface area contributed by atoms with Gasteiger partial charge in [-0.15, -0.1) is 0 Å². The summed E-state index contributed by atoms with van der Waals surface area (Å²) in [6.45, 7) is 0. The van der Waals surface area contributed by atoms with Gasteiger partial charge >= 0.3 is 6.03 Å². The molecule has 23 heavy (non-hydrogen) atoms. The predicted octanol–water partition coefficient (Wildman–Crippen LogP) is 2.68. The van der Waals surface area contributed by atoms with Crippen molar-refractivity contribution < 1.29 is 13.9 Å². The van der Waals surface area contributed by atoms with E-state index in [0.717, 1.165) is 10.2 Å². The van der Waals surface area contributed by atoms with Crippen LogP contribution in [0.2, 0.25) is 0 Å². The Morgan fingerprint density at radius 1 is 1.30 bits per heavy atom. The number of carbonyl (C=O) groups is 1. The Bertz CT molecular complexity index is 900. The van der Waals surface area contributed by atoms with Crippen molar-refractivity contribution in [1.82, 2.24) is 14.8 Å². The molecule has 1 amide bonds. The number of carbonyl (C=O) groups excluding carboxylic acids is 1. The molecule has 0 aliphatic heterocycles. The summed E-state index contributed by atoms with van der Waals surface area (Å²) in [5.41, 5.74) is 6.56. The van der Waals surface area contributed by atoms with E-state index in [1.54, 1.807) is 36.5 Å². The summed E-state index contributed by atoms with van der Waals surface area (Å²) in [7, 11) is 1.54. The lowest BCUT2D eigenvalue weighted by molar-refractivity contribution is 0.248. The van der Waals surface area contributed by atoms with Crippen LogP contribution < -0.4 is 10.5 Å². The van der Waals surface area contributed by atoms with Gasteiger partial charge in [-0.3, -0.25) is 0 Å². The van der Waals surface area contributed by atoms with Crippen LogP contribution in [0.1, 0.15) is 11.3 Å². The van der Waals surface area contributed by atoms with Gasteiger partial charge in [-0.1, -0.05) is 18.2 Å². The molecular formula is C16H13FN4O2. The van der Waals surface area contributed by atoms with Gasteiger partial charge in [0.05, 0.1) is 12.8 Å². The van der Waals surface area contributed by atoms with Gasteiger partial charge < -0.3 is 10.5 Å². The topological polar surface area (TPSA) is 83.0 Å². The van der Waals surface area contributed by atoms with Gasteiger partial charge in [-0.25, -0.2) is 14.2 Å². The molecule has 7 heteroatoms. The maximum atomic E-state index is 14.0. The van der Waals surface area contributed by atoms with Gasteiger partial charge in [0.2, 0.25) is 5.88 Å². The largest absolute Gasteiger partial charge is 0.481 e. The van der Waals surface area contributed by atoms with Gasteiger partial charge in [0.1, 0.15) is 11.3 Å². The number of benzene rings is 1. The third kappa shape index (κ3) is 2.76. The molecule has 0 saturated heterocycles. The fraction of sp³-hybridized carbons (Fsp3) is 0.0625. The van der Waals surface area contributed by atoms with Crippen LogP contribution in [0.5, 0.6) is 5.88 Å². The summed E-state index contributed by atoms with van der Waals surface area (Å²) >= 11 is 0. The van der Waals surface area contributed by atoms with Crippen molar-refractivity contribution in [2.24, 2.45) is 5.73 Å². The van der Waals surface area contributed by atoms with Crippen molar-refractivity contribution in [2.45, 2.75) is 0 Å².